The number of likely N-dealkylation sites (N-methyl/N-ethyl adjacent to an activating group) is 1. The van der Waals surface area contributed by atoms with Gasteiger partial charge in [0.25, 0.3) is 5.91 Å². The Labute approximate surface area is 188 Å². The fraction of sp³-hybridized carbons (Fsp3) is 0.417. The predicted octanol–water partition coefficient (Wildman–Crippen LogP) is 2.13. The van der Waals surface area contributed by atoms with Gasteiger partial charge in [-0.15, -0.1) is 0 Å². The number of nitrogens with one attached hydrogen (secondary N) is 2. The third-order valence-corrected chi connectivity index (χ3v) is 5.89. The van der Waals surface area contributed by atoms with Crippen molar-refractivity contribution in [1.29, 1.82) is 0 Å². The second kappa shape index (κ2) is 10.0. The van der Waals surface area contributed by atoms with Gasteiger partial charge in [0.15, 0.2) is 11.5 Å². The molecule has 32 heavy (non-hydrogen) atoms. The third kappa shape index (κ3) is 5.20. The van der Waals surface area contributed by atoms with Gasteiger partial charge in [-0.3, -0.25) is 19.4 Å². The van der Waals surface area contributed by atoms with Crippen LogP contribution in [0.4, 0.5) is 5.69 Å². The smallest absolute Gasteiger partial charge is 0.251 e. The standard InChI is InChI=1S/C24H30N4O4/c1-25-24(30)18-6-3-5-17(13-18)20-15-28(10-9-27(20)2)16-23(29)26-19-7-8-21-22(14-19)32-12-4-11-31-21/h3,5-8,13-14,20H,4,9-12,15-16H2,1-2H3,(H,25,30)(H,26,29)/t20-/m1/s1. The SMILES string of the molecule is CNC(=O)c1cccc([C@H]2CN(CC(=O)Nc3ccc4c(c3)OCCCO4)CCN2C)c1. The first-order chi connectivity index (χ1) is 15.5. The predicted molar refractivity (Wildman–Crippen MR) is 122 cm³/mol. The zero-order valence-electron chi connectivity index (χ0n) is 18.6. The number of amides is 2. The van der Waals surface area contributed by atoms with Crippen molar-refractivity contribution in [2.24, 2.45) is 0 Å². The van der Waals surface area contributed by atoms with Crippen LogP contribution in [0.3, 0.4) is 0 Å². The molecule has 2 heterocycles. The number of benzene rings is 2. The van der Waals surface area contributed by atoms with E-state index in [1.807, 2.05) is 42.5 Å². The van der Waals surface area contributed by atoms with E-state index in [0.29, 0.717) is 49.1 Å². The molecule has 0 bridgehead atoms. The van der Waals surface area contributed by atoms with Gasteiger partial charge in [0.1, 0.15) is 0 Å². The number of hydrogen-bond donors (Lipinski definition) is 2. The topological polar surface area (TPSA) is 83.1 Å². The van der Waals surface area contributed by atoms with E-state index in [4.69, 9.17) is 9.47 Å². The molecule has 0 saturated carbocycles. The van der Waals surface area contributed by atoms with E-state index in [0.717, 1.165) is 25.1 Å². The number of piperazine rings is 1. The van der Waals surface area contributed by atoms with Crippen LogP contribution in [0.1, 0.15) is 28.4 Å². The first-order valence-corrected chi connectivity index (χ1v) is 11.0. The van der Waals surface area contributed by atoms with Gasteiger partial charge in [0.05, 0.1) is 19.8 Å². The number of carbonyl (C=O) groups excluding carboxylic acids is 2. The lowest BCUT2D eigenvalue weighted by Gasteiger charge is -2.39. The summed E-state index contributed by atoms with van der Waals surface area (Å²) in [5, 5.41) is 5.64. The van der Waals surface area contributed by atoms with Gasteiger partial charge in [-0.2, -0.15) is 0 Å². The van der Waals surface area contributed by atoms with Gasteiger partial charge < -0.3 is 20.1 Å². The van der Waals surface area contributed by atoms with Crippen LogP contribution in [0.15, 0.2) is 42.5 Å². The van der Waals surface area contributed by atoms with Gasteiger partial charge in [0.2, 0.25) is 5.91 Å². The number of rotatable bonds is 5. The fourth-order valence-corrected chi connectivity index (χ4v) is 4.11. The lowest BCUT2D eigenvalue weighted by Crippen LogP contribution is -2.48. The molecule has 0 unspecified atom stereocenters. The summed E-state index contributed by atoms with van der Waals surface area (Å²) in [6, 6.07) is 13.3. The van der Waals surface area contributed by atoms with Crippen molar-refractivity contribution in [3.63, 3.8) is 0 Å². The lowest BCUT2D eigenvalue weighted by molar-refractivity contribution is -0.118. The van der Waals surface area contributed by atoms with E-state index in [9.17, 15) is 9.59 Å². The highest BCUT2D eigenvalue weighted by molar-refractivity contribution is 5.94. The molecule has 0 radical (unpaired) electrons. The highest BCUT2D eigenvalue weighted by Crippen LogP contribution is 2.32. The minimum atomic E-state index is -0.100. The molecule has 0 aromatic heterocycles. The Kier molecular flexibility index (Phi) is 6.92. The lowest BCUT2D eigenvalue weighted by atomic mass is 10.00. The summed E-state index contributed by atoms with van der Waals surface area (Å²) >= 11 is 0. The molecule has 2 aromatic carbocycles. The number of ether oxygens (including phenoxy) is 2. The molecule has 2 amide bonds. The van der Waals surface area contributed by atoms with Gasteiger partial charge >= 0.3 is 0 Å². The van der Waals surface area contributed by atoms with Crippen molar-refractivity contribution in [2.75, 3.05) is 58.8 Å². The molecule has 2 aromatic rings. The summed E-state index contributed by atoms with van der Waals surface area (Å²) in [7, 11) is 3.71. The summed E-state index contributed by atoms with van der Waals surface area (Å²) in [6.07, 6.45) is 0.840. The zero-order valence-corrected chi connectivity index (χ0v) is 18.6. The van der Waals surface area contributed by atoms with E-state index < -0.39 is 0 Å². The highest BCUT2D eigenvalue weighted by atomic mass is 16.5. The minimum absolute atomic E-state index is 0.0677. The van der Waals surface area contributed by atoms with Gasteiger partial charge in [-0.05, 0) is 36.9 Å². The van der Waals surface area contributed by atoms with E-state index in [1.165, 1.54) is 0 Å². The average Bonchev–Trinajstić information content (AvgIpc) is 3.05. The highest BCUT2D eigenvalue weighted by Gasteiger charge is 2.27. The molecule has 1 saturated heterocycles. The van der Waals surface area contributed by atoms with Crippen molar-refractivity contribution in [3.8, 4) is 11.5 Å². The molecule has 1 atom stereocenters. The van der Waals surface area contributed by atoms with Crippen LogP contribution in [0, 0.1) is 0 Å². The first-order valence-electron chi connectivity index (χ1n) is 11.0. The van der Waals surface area contributed by atoms with Gasteiger partial charge in [-0.25, -0.2) is 0 Å². The first kappa shape index (κ1) is 22.1. The number of nitrogens with zero attached hydrogens (tertiary/aromatic N) is 2. The Morgan fingerprint density at radius 2 is 1.88 bits per heavy atom. The number of anilines is 1. The van der Waals surface area contributed by atoms with Crippen molar-refractivity contribution < 1.29 is 19.1 Å². The quantitative estimate of drug-likeness (QED) is 0.744. The van der Waals surface area contributed by atoms with E-state index in [1.54, 1.807) is 7.05 Å². The molecular weight excluding hydrogens is 408 g/mol. The molecule has 0 aliphatic carbocycles. The number of hydrogen-bond acceptors (Lipinski definition) is 6. The largest absolute Gasteiger partial charge is 0.490 e. The van der Waals surface area contributed by atoms with Crippen molar-refractivity contribution in [2.45, 2.75) is 12.5 Å². The van der Waals surface area contributed by atoms with Crippen molar-refractivity contribution in [3.05, 3.63) is 53.6 Å². The third-order valence-electron chi connectivity index (χ3n) is 5.89. The summed E-state index contributed by atoms with van der Waals surface area (Å²) in [5.74, 6) is 1.20. The van der Waals surface area contributed by atoms with Crippen LogP contribution < -0.4 is 20.1 Å². The van der Waals surface area contributed by atoms with Crippen LogP contribution in [0.25, 0.3) is 0 Å². The van der Waals surface area contributed by atoms with Gasteiger partial charge in [0, 0.05) is 56.5 Å². The average molecular weight is 439 g/mol. The Hall–Kier alpha value is -3.10. The Morgan fingerprint density at radius 1 is 1.06 bits per heavy atom. The maximum atomic E-state index is 12.7. The molecule has 8 heteroatoms. The molecule has 4 rings (SSSR count). The zero-order chi connectivity index (χ0) is 22.5. The molecule has 8 nitrogen and oxygen atoms in total. The fourth-order valence-electron chi connectivity index (χ4n) is 4.11. The maximum Gasteiger partial charge on any atom is 0.251 e. The van der Waals surface area contributed by atoms with Crippen LogP contribution in [0.2, 0.25) is 0 Å². The summed E-state index contributed by atoms with van der Waals surface area (Å²) in [5.41, 5.74) is 2.41. The summed E-state index contributed by atoms with van der Waals surface area (Å²) < 4.78 is 11.4. The maximum absolute atomic E-state index is 12.7. The van der Waals surface area contributed by atoms with Crippen LogP contribution in [-0.4, -0.2) is 75.1 Å². The van der Waals surface area contributed by atoms with Crippen LogP contribution in [0.5, 0.6) is 11.5 Å². The Bertz CT molecular complexity index is 980. The Balaban J connectivity index is 1.39. The molecule has 2 N–H and O–H groups in total. The van der Waals surface area contributed by atoms with Crippen molar-refractivity contribution >= 4 is 17.5 Å². The van der Waals surface area contributed by atoms with Gasteiger partial charge in [-0.1, -0.05) is 12.1 Å². The molecule has 1 fully saturated rings. The van der Waals surface area contributed by atoms with E-state index >= 15 is 0 Å². The number of fused-ring (bicyclic) bond motifs is 1. The van der Waals surface area contributed by atoms with Crippen LogP contribution >= 0.6 is 0 Å². The molecule has 170 valence electrons. The second-order valence-corrected chi connectivity index (χ2v) is 8.20. The summed E-state index contributed by atoms with van der Waals surface area (Å²) in [4.78, 5) is 29.2. The number of carbonyl (C=O) groups is 2. The normalized spacial score (nSPS) is 19.1. The Morgan fingerprint density at radius 3 is 2.69 bits per heavy atom. The monoisotopic (exact) mass is 438 g/mol. The molecule has 2 aliphatic heterocycles. The molecule has 2 aliphatic rings. The van der Waals surface area contributed by atoms with E-state index in [-0.39, 0.29) is 17.9 Å². The molecular formula is C24H30N4O4. The minimum Gasteiger partial charge on any atom is -0.490 e. The molecule has 0 spiro atoms. The van der Waals surface area contributed by atoms with E-state index in [2.05, 4.69) is 27.5 Å². The second-order valence-electron chi connectivity index (χ2n) is 8.20. The summed E-state index contributed by atoms with van der Waals surface area (Å²) in [6.45, 7) is 3.89. The van der Waals surface area contributed by atoms with Crippen LogP contribution in [-0.2, 0) is 4.79 Å². The van der Waals surface area contributed by atoms with Crippen molar-refractivity contribution in [1.82, 2.24) is 15.1 Å².